The number of amides is 1. The summed E-state index contributed by atoms with van der Waals surface area (Å²) >= 11 is 0. The van der Waals surface area contributed by atoms with Gasteiger partial charge in [-0.25, -0.2) is 4.79 Å². The van der Waals surface area contributed by atoms with Gasteiger partial charge in [-0.15, -0.1) is 0 Å². The van der Waals surface area contributed by atoms with Crippen LogP contribution in [-0.4, -0.2) is 65.0 Å². The van der Waals surface area contributed by atoms with E-state index in [1.807, 2.05) is 0 Å². The molecule has 0 heterocycles. The Morgan fingerprint density at radius 1 is 1.07 bits per heavy atom. The number of halogens is 3. The van der Waals surface area contributed by atoms with Gasteiger partial charge >= 0.3 is 18.1 Å². The number of unbranched alkanes of at least 4 members (excludes halogenated alkanes) is 3. The van der Waals surface area contributed by atoms with Crippen molar-refractivity contribution in [1.29, 1.82) is 0 Å². The van der Waals surface area contributed by atoms with E-state index >= 15 is 0 Å². The summed E-state index contributed by atoms with van der Waals surface area (Å²) in [5, 5.41) is 18.4. The molecule has 12 heteroatoms. The summed E-state index contributed by atoms with van der Waals surface area (Å²) in [5.41, 5.74) is 0. The molecule has 28 heavy (non-hydrogen) atoms. The van der Waals surface area contributed by atoms with Crippen LogP contribution < -0.4 is 5.32 Å². The van der Waals surface area contributed by atoms with Crippen molar-refractivity contribution in [2.75, 3.05) is 24.7 Å². The van der Waals surface area contributed by atoms with E-state index < -0.39 is 24.2 Å². The number of hydrogen-bond donors (Lipinski definition) is 3. The number of alkyl halides is 3. The molecule has 1 unspecified atom stereocenters. The second-order valence-corrected chi connectivity index (χ2v) is 8.16. The van der Waals surface area contributed by atoms with Gasteiger partial charge in [-0.1, -0.05) is 47.8 Å². The van der Waals surface area contributed by atoms with Crippen molar-refractivity contribution in [2.24, 2.45) is 0 Å². The maximum atomic E-state index is 11.7. The molecule has 0 saturated heterocycles. The van der Waals surface area contributed by atoms with E-state index in [1.54, 1.807) is 17.7 Å². The number of rotatable bonds is 14. The van der Waals surface area contributed by atoms with Gasteiger partial charge in [0.25, 0.3) is 0 Å². The van der Waals surface area contributed by atoms with E-state index in [1.165, 1.54) is 23.6 Å². The molecule has 3 N–H and O–H groups in total. The number of nitrogens with one attached hydrogen (secondary N) is 1. The van der Waals surface area contributed by atoms with Crippen LogP contribution in [0, 0.1) is 0 Å². The first-order valence-corrected chi connectivity index (χ1v) is 11.2. The van der Waals surface area contributed by atoms with Gasteiger partial charge in [-0.05, 0) is 13.3 Å². The average molecular weight is 452 g/mol. The molecular formula is C16H28F3NO6S2. The summed E-state index contributed by atoms with van der Waals surface area (Å²) in [6.07, 6.45) is -0.765. The van der Waals surface area contributed by atoms with Crippen LogP contribution in [0.25, 0.3) is 0 Å². The number of ether oxygens (including phenoxy) is 1. The van der Waals surface area contributed by atoms with Gasteiger partial charge < -0.3 is 20.3 Å². The lowest BCUT2D eigenvalue weighted by atomic mass is 10.2. The number of carboxylic acids is 2. The maximum Gasteiger partial charge on any atom is 0.490 e. The second kappa shape index (κ2) is 17.9. The smallest absolute Gasteiger partial charge is 0.481 e. The molecular weight excluding hydrogens is 423 g/mol. The monoisotopic (exact) mass is 451 g/mol. The van der Waals surface area contributed by atoms with Crippen LogP contribution >= 0.6 is 21.6 Å². The quantitative estimate of drug-likeness (QED) is 0.271. The number of carboxylic acid groups (broad SMARTS) is 2. The molecule has 0 spiro atoms. The van der Waals surface area contributed by atoms with Crippen molar-refractivity contribution in [3.05, 3.63) is 0 Å². The van der Waals surface area contributed by atoms with Crippen molar-refractivity contribution in [3.8, 4) is 0 Å². The lowest BCUT2D eigenvalue weighted by Gasteiger charge is -2.13. The Labute approximate surface area is 170 Å². The SMILES string of the molecule is CCCCCCOC(C)C(=O)NCCSSCCC(=O)O.O=C(O)C(F)(F)F. The highest BCUT2D eigenvalue weighted by Crippen LogP contribution is 2.20. The van der Waals surface area contributed by atoms with Crippen LogP contribution in [0.5, 0.6) is 0 Å². The Morgan fingerprint density at radius 3 is 2.14 bits per heavy atom. The molecule has 166 valence electrons. The Hall–Kier alpha value is -1.14. The van der Waals surface area contributed by atoms with Crippen LogP contribution in [0.1, 0.15) is 46.0 Å². The van der Waals surface area contributed by atoms with Gasteiger partial charge in [0.05, 0.1) is 6.42 Å². The van der Waals surface area contributed by atoms with E-state index in [-0.39, 0.29) is 12.3 Å². The highest BCUT2D eigenvalue weighted by Gasteiger charge is 2.38. The van der Waals surface area contributed by atoms with Crippen LogP contribution in [0.3, 0.4) is 0 Å². The van der Waals surface area contributed by atoms with Gasteiger partial charge in [0.1, 0.15) is 6.10 Å². The van der Waals surface area contributed by atoms with Crippen molar-refractivity contribution >= 4 is 39.4 Å². The molecule has 0 fully saturated rings. The normalized spacial score (nSPS) is 11.9. The minimum Gasteiger partial charge on any atom is -0.481 e. The average Bonchev–Trinajstić information content (AvgIpc) is 2.59. The van der Waals surface area contributed by atoms with E-state index in [4.69, 9.17) is 19.7 Å². The molecule has 0 bridgehead atoms. The van der Waals surface area contributed by atoms with Crippen LogP contribution in [0.15, 0.2) is 0 Å². The topological polar surface area (TPSA) is 113 Å². The molecule has 0 aromatic rings. The van der Waals surface area contributed by atoms with Crippen LogP contribution in [0.2, 0.25) is 0 Å². The van der Waals surface area contributed by atoms with Crippen LogP contribution in [0.4, 0.5) is 13.2 Å². The third-order valence-corrected chi connectivity index (χ3v) is 5.35. The minimum atomic E-state index is -5.08. The number of hydrogen-bond acceptors (Lipinski definition) is 6. The Kier molecular flexibility index (Phi) is 18.6. The van der Waals surface area contributed by atoms with E-state index in [9.17, 15) is 22.8 Å². The summed E-state index contributed by atoms with van der Waals surface area (Å²) in [7, 11) is 3.09. The van der Waals surface area contributed by atoms with Crippen LogP contribution in [-0.2, 0) is 19.1 Å². The number of aliphatic carboxylic acids is 2. The molecule has 0 aliphatic heterocycles. The third kappa shape index (κ3) is 21.2. The largest absolute Gasteiger partial charge is 0.490 e. The fourth-order valence-electron chi connectivity index (χ4n) is 1.47. The molecule has 0 aliphatic carbocycles. The van der Waals surface area contributed by atoms with Gasteiger partial charge in [0, 0.05) is 24.7 Å². The second-order valence-electron chi connectivity index (χ2n) is 5.46. The molecule has 0 aliphatic rings. The van der Waals surface area contributed by atoms with Crippen molar-refractivity contribution in [3.63, 3.8) is 0 Å². The van der Waals surface area contributed by atoms with E-state index in [2.05, 4.69) is 12.2 Å². The van der Waals surface area contributed by atoms with Gasteiger partial charge in [-0.2, -0.15) is 13.2 Å². The summed E-state index contributed by atoms with van der Waals surface area (Å²) in [6.45, 7) is 5.14. The Balaban J connectivity index is 0. The van der Waals surface area contributed by atoms with E-state index in [0.29, 0.717) is 18.9 Å². The Bertz CT molecular complexity index is 453. The predicted octanol–water partition coefficient (Wildman–Crippen LogP) is 3.58. The molecule has 7 nitrogen and oxygen atoms in total. The fraction of sp³-hybridized carbons (Fsp3) is 0.812. The first kappa shape index (κ1) is 29.1. The van der Waals surface area contributed by atoms with Crippen molar-refractivity contribution in [2.45, 2.75) is 58.2 Å². The molecule has 1 atom stereocenters. The summed E-state index contributed by atoms with van der Waals surface area (Å²) in [5.74, 6) is -2.26. The highest BCUT2D eigenvalue weighted by atomic mass is 33.1. The molecule has 0 aromatic heterocycles. The standard InChI is InChI=1S/C14H27NO4S2.C2HF3O2/c1-3-4-5-6-9-19-12(2)14(18)15-8-11-21-20-10-7-13(16)17;3-2(4,5)1(6)7/h12H,3-11H2,1-2H3,(H,15,18)(H,16,17);(H,6,7). The lowest BCUT2D eigenvalue weighted by molar-refractivity contribution is -0.192. The predicted molar refractivity (Wildman–Crippen MR) is 103 cm³/mol. The zero-order valence-corrected chi connectivity index (χ0v) is 17.6. The summed E-state index contributed by atoms with van der Waals surface area (Å²) in [4.78, 5) is 30.9. The molecule has 0 aromatic carbocycles. The summed E-state index contributed by atoms with van der Waals surface area (Å²) in [6, 6.07) is 0. The fourth-order valence-corrected chi connectivity index (χ4v) is 3.36. The first-order valence-electron chi connectivity index (χ1n) is 8.68. The molecule has 0 rings (SSSR count). The van der Waals surface area contributed by atoms with Gasteiger partial charge in [0.15, 0.2) is 0 Å². The van der Waals surface area contributed by atoms with Gasteiger partial charge in [-0.3, -0.25) is 9.59 Å². The zero-order chi connectivity index (χ0) is 22.0. The Morgan fingerprint density at radius 2 is 1.64 bits per heavy atom. The maximum absolute atomic E-state index is 11.7. The molecule has 0 radical (unpaired) electrons. The summed E-state index contributed by atoms with van der Waals surface area (Å²) < 4.78 is 37.2. The van der Waals surface area contributed by atoms with Gasteiger partial charge in [0.2, 0.25) is 5.91 Å². The highest BCUT2D eigenvalue weighted by molar-refractivity contribution is 8.76. The number of carbonyl (C=O) groups is 3. The molecule has 1 amide bonds. The minimum absolute atomic E-state index is 0.0818. The third-order valence-electron chi connectivity index (χ3n) is 2.94. The van der Waals surface area contributed by atoms with Crippen molar-refractivity contribution < 1.29 is 42.5 Å². The first-order chi connectivity index (χ1) is 13.0. The number of carbonyl (C=O) groups excluding carboxylic acids is 1. The molecule has 0 saturated carbocycles. The zero-order valence-electron chi connectivity index (χ0n) is 15.9. The van der Waals surface area contributed by atoms with E-state index in [0.717, 1.165) is 18.6 Å². The van der Waals surface area contributed by atoms with Crippen molar-refractivity contribution in [1.82, 2.24) is 5.32 Å². The lowest BCUT2D eigenvalue weighted by Crippen LogP contribution is -2.35.